The zero-order valence-corrected chi connectivity index (χ0v) is 10.3. The topological polar surface area (TPSA) is 35.5 Å². The summed E-state index contributed by atoms with van der Waals surface area (Å²) in [4.78, 5) is 11.2. The first-order valence-corrected chi connectivity index (χ1v) is 5.61. The molecule has 18 heavy (non-hydrogen) atoms. The van der Waals surface area contributed by atoms with Gasteiger partial charge in [0.15, 0.2) is 0 Å². The molecule has 0 aliphatic heterocycles. The lowest BCUT2D eigenvalue weighted by Crippen LogP contribution is -2.06. The first kappa shape index (κ1) is 13.8. The number of ether oxygens (including phenoxy) is 2. The maximum absolute atomic E-state index is 11.2. The lowest BCUT2D eigenvalue weighted by atomic mass is 10.2. The van der Waals surface area contributed by atoms with Crippen LogP contribution in [0.15, 0.2) is 60.9 Å². The molecular weight excluding hydrogens is 228 g/mol. The molecule has 3 heteroatoms. The standard InChI is InChI=1S/C15H16O3/c1-3-12-17-15(16)18-14(4-2)11-10-13-8-6-5-7-9-13/h3-11H,1,12H2,2H3/b11-10+,14-4-. The fourth-order valence-electron chi connectivity index (χ4n) is 1.18. The molecule has 94 valence electrons. The maximum Gasteiger partial charge on any atom is 0.514 e. The van der Waals surface area contributed by atoms with Crippen LogP contribution in [0.3, 0.4) is 0 Å². The van der Waals surface area contributed by atoms with E-state index in [-0.39, 0.29) is 6.61 Å². The summed E-state index contributed by atoms with van der Waals surface area (Å²) in [5.41, 5.74) is 1.03. The van der Waals surface area contributed by atoms with Gasteiger partial charge in [-0.15, -0.1) is 0 Å². The van der Waals surface area contributed by atoms with Crippen molar-refractivity contribution >= 4 is 12.2 Å². The molecule has 0 atom stereocenters. The third-order valence-corrected chi connectivity index (χ3v) is 2.04. The van der Waals surface area contributed by atoms with Gasteiger partial charge in [0.05, 0.1) is 0 Å². The molecule has 0 saturated carbocycles. The molecule has 1 aromatic rings. The second kappa shape index (κ2) is 7.90. The number of rotatable bonds is 5. The van der Waals surface area contributed by atoms with Gasteiger partial charge in [-0.1, -0.05) is 49.1 Å². The smallest absolute Gasteiger partial charge is 0.430 e. The molecule has 0 aliphatic carbocycles. The maximum atomic E-state index is 11.2. The van der Waals surface area contributed by atoms with Crippen LogP contribution in [0.25, 0.3) is 6.08 Å². The minimum absolute atomic E-state index is 0.137. The van der Waals surface area contributed by atoms with Crippen LogP contribution in [0.5, 0.6) is 0 Å². The number of carbonyl (C=O) groups excluding carboxylic acids is 1. The highest BCUT2D eigenvalue weighted by atomic mass is 16.7. The van der Waals surface area contributed by atoms with Crippen LogP contribution in [-0.2, 0) is 9.47 Å². The number of allylic oxidation sites excluding steroid dienone is 2. The molecule has 0 aliphatic rings. The van der Waals surface area contributed by atoms with Crippen LogP contribution in [0.1, 0.15) is 12.5 Å². The molecule has 0 heterocycles. The Bertz CT molecular complexity index is 444. The molecule has 0 fully saturated rings. The Morgan fingerprint density at radius 2 is 2.06 bits per heavy atom. The lowest BCUT2D eigenvalue weighted by Gasteiger charge is -2.04. The first-order chi connectivity index (χ1) is 8.76. The van der Waals surface area contributed by atoms with Crippen molar-refractivity contribution < 1.29 is 14.3 Å². The van der Waals surface area contributed by atoms with Gasteiger partial charge in [0, 0.05) is 0 Å². The summed E-state index contributed by atoms with van der Waals surface area (Å²) in [6, 6.07) is 9.74. The van der Waals surface area contributed by atoms with Gasteiger partial charge in [-0.25, -0.2) is 4.79 Å². The Morgan fingerprint density at radius 3 is 2.67 bits per heavy atom. The van der Waals surface area contributed by atoms with E-state index in [0.717, 1.165) is 5.56 Å². The van der Waals surface area contributed by atoms with Crippen molar-refractivity contribution in [3.8, 4) is 0 Å². The quantitative estimate of drug-likeness (QED) is 0.340. The fourth-order valence-corrected chi connectivity index (χ4v) is 1.18. The van der Waals surface area contributed by atoms with E-state index in [4.69, 9.17) is 9.47 Å². The molecule has 1 aromatic carbocycles. The highest BCUT2D eigenvalue weighted by Crippen LogP contribution is 2.07. The van der Waals surface area contributed by atoms with E-state index in [1.54, 1.807) is 19.1 Å². The van der Waals surface area contributed by atoms with Crippen molar-refractivity contribution in [1.82, 2.24) is 0 Å². The minimum Gasteiger partial charge on any atom is -0.430 e. The molecule has 0 saturated heterocycles. The van der Waals surface area contributed by atoms with Crippen molar-refractivity contribution in [3.63, 3.8) is 0 Å². The van der Waals surface area contributed by atoms with Crippen molar-refractivity contribution in [2.24, 2.45) is 0 Å². The van der Waals surface area contributed by atoms with Crippen LogP contribution >= 0.6 is 0 Å². The Hall–Kier alpha value is -2.29. The number of hydrogen-bond donors (Lipinski definition) is 0. The highest BCUT2D eigenvalue weighted by Gasteiger charge is 2.04. The third-order valence-electron chi connectivity index (χ3n) is 2.04. The molecule has 0 aromatic heterocycles. The van der Waals surface area contributed by atoms with Crippen LogP contribution in [0.2, 0.25) is 0 Å². The highest BCUT2D eigenvalue weighted by molar-refractivity contribution is 5.63. The van der Waals surface area contributed by atoms with Crippen molar-refractivity contribution in [3.05, 3.63) is 66.5 Å². The zero-order valence-electron chi connectivity index (χ0n) is 10.3. The van der Waals surface area contributed by atoms with Gasteiger partial charge in [0.25, 0.3) is 0 Å². The second-order valence-corrected chi connectivity index (χ2v) is 3.39. The predicted molar refractivity (Wildman–Crippen MR) is 71.9 cm³/mol. The molecule has 0 radical (unpaired) electrons. The number of carbonyl (C=O) groups is 1. The van der Waals surface area contributed by atoms with Gasteiger partial charge in [-0.05, 0) is 24.6 Å². The van der Waals surface area contributed by atoms with E-state index < -0.39 is 6.16 Å². The number of benzene rings is 1. The zero-order chi connectivity index (χ0) is 13.2. The predicted octanol–water partition coefficient (Wildman–Crippen LogP) is 3.94. The van der Waals surface area contributed by atoms with Gasteiger partial charge in [-0.2, -0.15) is 0 Å². The largest absolute Gasteiger partial charge is 0.514 e. The monoisotopic (exact) mass is 244 g/mol. The average Bonchev–Trinajstić information content (AvgIpc) is 2.42. The summed E-state index contributed by atoms with van der Waals surface area (Å²) in [6.07, 6.45) is 6.01. The van der Waals surface area contributed by atoms with Gasteiger partial charge in [0.2, 0.25) is 0 Å². The molecule has 0 N–H and O–H groups in total. The Balaban J connectivity index is 2.55. The van der Waals surface area contributed by atoms with E-state index in [1.807, 2.05) is 36.4 Å². The van der Waals surface area contributed by atoms with E-state index in [0.29, 0.717) is 5.76 Å². The average molecular weight is 244 g/mol. The normalized spacial score (nSPS) is 11.3. The summed E-state index contributed by atoms with van der Waals surface area (Å²) in [5.74, 6) is 0.438. The molecule has 0 amide bonds. The van der Waals surface area contributed by atoms with Gasteiger partial charge in [-0.3, -0.25) is 0 Å². The van der Waals surface area contributed by atoms with Crippen molar-refractivity contribution in [2.45, 2.75) is 6.92 Å². The Kier molecular flexibility index (Phi) is 6.04. The Labute approximate surface area is 107 Å². The summed E-state index contributed by atoms with van der Waals surface area (Å²) >= 11 is 0. The Morgan fingerprint density at radius 1 is 1.33 bits per heavy atom. The van der Waals surface area contributed by atoms with E-state index in [9.17, 15) is 4.79 Å². The number of hydrogen-bond acceptors (Lipinski definition) is 3. The summed E-state index contributed by atoms with van der Waals surface area (Å²) in [7, 11) is 0. The van der Waals surface area contributed by atoms with Crippen LogP contribution in [-0.4, -0.2) is 12.8 Å². The molecule has 0 unspecified atom stereocenters. The SMILES string of the molecule is C=CCOC(=O)OC(=C\C)/C=C/c1ccccc1. The van der Waals surface area contributed by atoms with Crippen molar-refractivity contribution in [1.29, 1.82) is 0 Å². The van der Waals surface area contributed by atoms with Gasteiger partial charge >= 0.3 is 6.16 Å². The lowest BCUT2D eigenvalue weighted by molar-refractivity contribution is 0.0890. The summed E-state index contributed by atoms with van der Waals surface area (Å²) in [6.45, 7) is 5.37. The molecule has 0 spiro atoms. The molecule has 0 bridgehead atoms. The van der Waals surface area contributed by atoms with Gasteiger partial charge in [0.1, 0.15) is 12.4 Å². The summed E-state index contributed by atoms with van der Waals surface area (Å²) < 4.78 is 9.71. The minimum atomic E-state index is -0.735. The van der Waals surface area contributed by atoms with Crippen LogP contribution < -0.4 is 0 Å². The third kappa shape index (κ3) is 5.16. The van der Waals surface area contributed by atoms with Crippen LogP contribution in [0, 0.1) is 0 Å². The molecule has 3 nitrogen and oxygen atoms in total. The fraction of sp³-hybridized carbons (Fsp3) is 0.133. The van der Waals surface area contributed by atoms with Crippen LogP contribution in [0.4, 0.5) is 4.79 Å². The van der Waals surface area contributed by atoms with E-state index in [2.05, 4.69) is 6.58 Å². The first-order valence-electron chi connectivity index (χ1n) is 5.61. The van der Waals surface area contributed by atoms with Gasteiger partial charge < -0.3 is 9.47 Å². The van der Waals surface area contributed by atoms with E-state index >= 15 is 0 Å². The van der Waals surface area contributed by atoms with Crippen molar-refractivity contribution in [2.75, 3.05) is 6.61 Å². The van der Waals surface area contributed by atoms with E-state index in [1.165, 1.54) is 6.08 Å². The molecule has 1 rings (SSSR count). The summed E-state index contributed by atoms with van der Waals surface area (Å²) in [5, 5.41) is 0. The second-order valence-electron chi connectivity index (χ2n) is 3.39. The molecular formula is C15H16O3.